The maximum Gasteiger partial charge on any atom is 0.246 e. The van der Waals surface area contributed by atoms with Crippen LogP contribution in [0, 0.1) is 5.92 Å². The van der Waals surface area contributed by atoms with E-state index in [0.717, 1.165) is 13.0 Å². The third-order valence-electron chi connectivity index (χ3n) is 1.53. The van der Waals surface area contributed by atoms with Crippen molar-refractivity contribution in [1.29, 1.82) is 0 Å². The molecule has 0 aromatic rings. The van der Waals surface area contributed by atoms with E-state index in [2.05, 4.69) is 18.8 Å². The van der Waals surface area contributed by atoms with E-state index in [1.54, 1.807) is 0 Å². The normalized spacial score (nSPS) is 27.9. The summed E-state index contributed by atoms with van der Waals surface area (Å²) in [6.45, 7) is 6.54. The summed E-state index contributed by atoms with van der Waals surface area (Å²) >= 11 is 0. The molecular formula is C7H11NO. The van der Waals surface area contributed by atoms with Crippen molar-refractivity contribution in [3.05, 3.63) is 12.2 Å². The Hall–Kier alpha value is -0.790. The Kier molecular flexibility index (Phi) is 1.56. The van der Waals surface area contributed by atoms with Gasteiger partial charge in [0, 0.05) is 12.1 Å². The molecule has 1 heterocycles. The van der Waals surface area contributed by atoms with Crippen LogP contribution in [0.5, 0.6) is 0 Å². The van der Waals surface area contributed by atoms with E-state index in [1.807, 2.05) is 0 Å². The number of amides is 1. The first-order valence-corrected chi connectivity index (χ1v) is 3.16. The van der Waals surface area contributed by atoms with Crippen LogP contribution in [0.2, 0.25) is 0 Å². The van der Waals surface area contributed by atoms with Gasteiger partial charge in [0.25, 0.3) is 0 Å². The van der Waals surface area contributed by atoms with Crippen LogP contribution in [-0.2, 0) is 4.79 Å². The highest BCUT2D eigenvalue weighted by Crippen LogP contribution is 2.12. The van der Waals surface area contributed by atoms with Gasteiger partial charge in [0.15, 0.2) is 0 Å². The minimum atomic E-state index is 0.0214. The second-order valence-corrected chi connectivity index (χ2v) is 2.62. The monoisotopic (exact) mass is 125 g/mol. The van der Waals surface area contributed by atoms with E-state index in [0.29, 0.717) is 11.5 Å². The fourth-order valence-electron chi connectivity index (χ4n) is 0.977. The van der Waals surface area contributed by atoms with Crippen LogP contribution < -0.4 is 5.32 Å². The minimum absolute atomic E-state index is 0.0214. The van der Waals surface area contributed by atoms with Crippen LogP contribution in [0.25, 0.3) is 0 Å². The predicted octanol–water partition coefficient (Wildman–Crippen LogP) is 0.699. The summed E-state index contributed by atoms with van der Waals surface area (Å²) in [5, 5.41) is 2.74. The van der Waals surface area contributed by atoms with E-state index in [-0.39, 0.29) is 5.91 Å². The van der Waals surface area contributed by atoms with Gasteiger partial charge in [-0.1, -0.05) is 13.5 Å². The first kappa shape index (κ1) is 6.33. The number of hydrogen-bond acceptors (Lipinski definition) is 1. The molecular weight excluding hydrogens is 114 g/mol. The Morgan fingerprint density at radius 1 is 1.78 bits per heavy atom. The van der Waals surface area contributed by atoms with Crippen LogP contribution in [0.1, 0.15) is 13.3 Å². The van der Waals surface area contributed by atoms with E-state index < -0.39 is 0 Å². The second kappa shape index (κ2) is 2.21. The average molecular weight is 125 g/mol. The zero-order valence-electron chi connectivity index (χ0n) is 5.61. The van der Waals surface area contributed by atoms with Crippen LogP contribution >= 0.6 is 0 Å². The molecule has 9 heavy (non-hydrogen) atoms. The number of nitrogens with one attached hydrogen (secondary N) is 1. The van der Waals surface area contributed by atoms with Gasteiger partial charge < -0.3 is 5.32 Å². The third-order valence-corrected chi connectivity index (χ3v) is 1.53. The highest BCUT2D eigenvalue weighted by atomic mass is 16.1. The Bertz CT molecular complexity index is 151. The number of piperidine rings is 1. The van der Waals surface area contributed by atoms with Crippen molar-refractivity contribution < 1.29 is 4.79 Å². The summed E-state index contributed by atoms with van der Waals surface area (Å²) in [5.74, 6) is 0.586. The molecule has 0 bridgehead atoms. The van der Waals surface area contributed by atoms with Crippen LogP contribution in [-0.4, -0.2) is 12.5 Å². The number of hydrogen-bond donors (Lipinski definition) is 1. The maximum atomic E-state index is 10.7. The van der Waals surface area contributed by atoms with Crippen LogP contribution in [0.3, 0.4) is 0 Å². The van der Waals surface area contributed by atoms with Gasteiger partial charge in [-0.25, -0.2) is 0 Å². The molecule has 0 aromatic carbocycles. The standard InChI is InChI=1S/C7H11NO/c1-5-3-6(2)7(9)8-4-5/h5H,2-4H2,1H3,(H,8,9). The maximum absolute atomic E-state index is 10.7. The molecule has 2 heteroatoms. The van der Waals surface area contributed by atoms with Crippen LogP contribution in [0.15, 0.2) is 12.2 Å². The molecule has 1 rings (SSSR count). The molecule has 1 N–H and O–H groups in total. The van der Waals surface area contributed by atoms with Crippen molar-refractivity contribution in [2.24, 2.45) is 5.92 Å². The van der Waals surface area contributed by atoms with E-state index in [1.165, 1.54) is 0 Å². The summed E-state index contributed by atoms with van der Waals surface area (Å²) in [7, 11) is 0. The van der Waals surface area contributed by atoms with Crippen LogP contribution in [0.4, 0.5) is 0 Å². The average Bonchev–Trinajstić information content (AvgIpc) is 1.80. The lowest BCUT2D eigenvalue weighted by Crippen LogP contribution is -2.35. The Labute approximate surface area is 54.9 Å². The summed E-state index contributed by atoms with van der Waals surface area (Å²) in [6.07, 6.45) is 0.853. The summed E-state index contributed by atoms with van der Waals surface area (Å²) in [6, 6.07) is 0. The quantitative estimate of drug-likeness (QED) is 0.474. The molecule has 1 aliphatic heterocycles. The van der Waals surface area contributed by atoms with Gasteiger partial charge in [-0.05, 0) is 12.3 Å². The molecule has 1 saturated heterocycles. The van der Waals surface area contributed by atoms with Gasteiger partial charge in [0.2, 0.25) is 5.91 Å². The molecule has 0 radical (unpaired) electrons. The Balaban J connectivity index is 2.54. The molecule has 1 unspecified atom stereocenters. The molecule has 0 saturated carbocycles. The molecule has 1 atom stereocenters. The van der Waals surface area contributed by atoms with Gasteiger partial charge >= 0.3 is 0 Å². The summed E-state index contributed by atoms with van der Waals surface area (Å²) < 4.78 is 0. The lowest BCUT2D eigenvalue weighted by Gasteiger charge is -2.19. The summed E-state index contributed by atoms with van der Waals surface area (Å²) in [5.41, 5.74) is 0.716. The van der Waals surface area contributed by atoms with Crippen molar-refractivity contribution in [2.45, 2.75) is 13.3 Å². The molecule has 50 valence electrons. The fourth-order valence-corrected chi connectivity index (χ4v) is 0.977. The molecule has 0 spiro atoms. The molecule has 0 aromatic heterocycles. The number of rotatable bonds is 0. The molecule has 1 amide bonds. The molecule has 1 aliphatic rings. The number of carbonyl (C=O) groups excluding carboxylic acids is 1. The largest absolute Gasteiger partial charge is 0.352 e. The SMILES string of the molecule is C=C1CC(C)CNC1=O. The molecule has 0 aliphatic carbocycles. The minimum Gasteiger partial charge on any atom is -0.352 e. The Morgan fingerprint density at radius 2 is 2.44 bits per heavy atom. The van der Waals surface area contributed by atoms with Crippen molar-refractivity contribution >= 4 is 5.91 Å². The summed E-state index contributed by atoms with van der Waals surface area (Å²) in [4.78, 5) is 10.7. The molecule has 2 nitrogen and oxygen atoms in total. The van der Waals surface area contributed by atoms with Crippen molar-refractivity contribution in [2.75, 3.05) is 6.54 Å². The zero-order valence-corrected chi connectivity index (χ0v) is 5.61. The lowest BCUT2D eigenvalue weighted by atomic mass is 9.98. The van der Waals surface area contributed by atoms with Crippen molar-refractivity contribution in [1.82, 2.24) is 5.32 Å². The second-order valence-electron chi connectivity index (χ2n) is 2.62. The van der Waals surface area contributed by atoms with Gasteiger partial charge in [-0.3, -0.25) is 4.79 Å². The third kappa shape index (κ3) is 1.31. The number of carbonyl (C=O) groups is 1. The van der Waals surface area contributed by atoms with Crippen molar-refractivity contribution in [3.63, 3.8) is 0 Å². The highest BCUT2D eigenvalue weighted by molar-refractivity contribution is 5.93. The van der Waals surface area contributed by atoms with E-state index in [4.69, 9.17) is 0 Å². The smallest absolute Gasteiger partial charge is 0.246 e. The predicted molar refractivity (Wildman–Crippen MR) is 35.9 cm³/mol. The van der Waals surface area contributed by atoms with E-state index >= 15 is 0 Å². The van der Waals surface area contributed by atoms with Crippen molar-refractivity contribution in [3.8, 4) is 0 Å². The van der Waals surface area contributed by atoms with Gasteiger partial charge in [-0.15, -0.1) is 0 Å². The first-order valence-electron chi connectivity index (χ1n) is 3.16. The van der Waals surface area contributed by atoms with Gasteiger partial charge in [-0.2, -0.15) is 0 Å². The lowest BCUT2D eigenvalue weighted by molar-refractivity contribution is -0.118. The van der Waals surface area contributed by atoms with E-state index in [9.17, 15) is 4.79 Å². The fraction of sp³-hybridized carbons (Fsp3) is 0.571. The first-order chi connectivity index (χ1) is 4.20. The Morgan fingerprint density at radius 3 is 2.89 bits per heavy atom. The van der Waals surface area contributed by atoms with Gasteiger partial charge in [0.05, 0.1) is 0 Å². The topological polar surface area (TPSA) is 29.1 Å². The zero-order chi connectivity index (χ0) is 6.85. The van der Waals surface area contributed by atoms with Gasteiger partial charge in [0.1, 0.15) is 0 Å². The highest BCUT2D eigenvalue weighted by Gasteiger charge is 2.16. The molecule has 1 fully saturated rings.